The zero-order chi connectivity index (χ0) is 21.1. The van der Waals surface area contributed by atoms with Crippen molar-refractivity contribution in [3.05, 3.63) is 59.5 Å². The van der Waals surface area contributed by atoms with Gasteiger partial charge in [0.1, 0.15) is 11.8 Å². The molecular formula is C22H28N6O2. The van der Waals surface area contributed by atoms with Gasteiger partial charge >= 0.3 is 0 Å². The maximum absolute atomic E-state index is 13.2. The topological polar surface area (TPSA) is 86.0 Å². The number of fused-ring (bicyclic) bond motifs is 1. The van der Waals surface area contributed by atoms with E-state index in [1.165, 1.54) is 6.33 Å². The third-order valence-electron chi connectivity index (χ3n) is 5.86. The monoisotopic (exact) mass is 408 g/mol. The molecule has 4 rings (SSSR count). The van der Waals surface area contributed by atoms with Crippen molar-refractivity contribution in [3.63, 3.8) is 0 Å². The van der Waals surface area contributed by atoms with Crippen molar-refractivity contribution in [2.45, 2.75) is 19.9 Å². The molecule has 1 fully saturated rings. The average molecular weight is 409 g/mol. The number of aliphatic hydroxyl groups is 1. The van der Waals surface area contributed by atoms with Crippen LogP contribution in [0.15, 0.2) is 42.9 Å². The van der Waals surface area contributed by atoms with Gasteiger partial charge in [0.05, 0.1) is 18.2 Å². The van der Waals surface area contributed by atoms with Crippen molar-refractivity contribution in [1.29, 1.82) is 0 Å². The number of hydrogen-bond acceptors (Lipinski definition) is 6. The molecule has 1 atom stereocenters. The van der Waals surface area contributed by atoms with Crippen LogP contribution in [0.3, 0.4) is 0 Å². The summed E-state index contributed by atoms with van der Waals surface area (Å²) < 4.78 is 1.69. The third-order valence-corrected chi connectivity index (χ3v) is 5.86. The van der Waals surface area contributed by atoms with Crippen LogP contribution in [-0.2, 0) is 0 Å². The second kappa shape index (κ2) is 8.81. The maximum atomic E-state index is 13.2. The Morgan fingerprint density at radius 1 is 1.20 bits per heavy atom. The third kappa shape index (κ3) is 3.88. The van der Waals surface area contributed by atoms with Gasteiger partial charge in [-0.05, 0) is 24.6 Å². The Morgan fingerprint density at radius 2 is 1.93 bits per heavy atom. The Bertz CT molecular complexity index is 1010. The van der Waals surface area contributed by atoms with Crippen LogP contribution in [0.25, 0.3) is 5.52 Å². The molecule has 158 valence electrons. The first kappa shape index (κ1) is 20.3. The van der Waals surface area contributed by atoms with Crippen molar-refractivity contribution < 1.29 is 9.90 Å². The normalized spacial score (nSPS) is 16.0. The summed E-state index contributed by atoms with van der Waals surface area (Å²) >= 11 is 0. The minimum atomic E-state index is -0.305. The number of amides is 1. The molecule has 3 aromatic rings. The molecule has 0 saturated carbocycles. The number of aliphatic hydroxyl groups excluding tert-OH is 1. The molecule has 0 unspecified atom stereocenters. The molecule has 1 saturated heterocycles. The smallest absolute Gasteiger partial charge is 0.255 e. The van der Waals surface area contributed by atoms with E-state index >= 15 is 0 Å². The maximum Gasteiger partial charge on any atom is 0.255 e. The predicted molar refractivity (Wildman–Crippen MR) is 116 cm³/mol. The first-order valence-corrected chi connectivity index (χ1v) is 10.4. The molecule has 0 radical (unpaired) electrons. The van der Waals surface area contributed by atoms with Gasteiger partial charge in [-0.3, -0.25) is 4.79 Å². The van der Waals surface area contributed by atoms with E-state index < -0.39 is 0 Å². The minimum absolute atomic E-state index is 0.0291. The number of nitrogens with one attached hydrogen (secondary N) is 1. The van der Waals surface area contributed by atoms with Crippen LogP contribution in [0, 0.1) is 6.92 Å². The second-order valence-corrected chi connectivity index (χ2v) is 7.59. The molecule has 8 nitrogen and oxygen atoms in total. The number of likely N-dealkylation sites (N-methyl/N-ethyl adjacent to an activating group) is 1. The number of hydrogen-bond donors (Lipinski definition) is 2. The zero-order valence-electron chi connectivity index (χ0n) is 17.5. The number of aryl methyl sites for hydroxylation is 1. The molecular weight excluding hydrogens is 380 g/mol. The number of carbonyl (C=O) groups is 1. The minimum Gasteiger partial charge on any atom is -0.394 e. The highest BCUT2D eigenvalue weighted by Crippen LogP contribution is 2.27. The molecule has 2 N–H and O–H groups in total. The van der Waals surface area contributed by atoms with Gasteiger partial charge < -0.3 is 20.2 Å². The Balaban J connectivity index is 1.62. The van der Waals surface area contributed by atoms with Gasteiger partial charge in [0, 0.05) is 32.4 Å². The first-order valence-electron chi connectivity index (χ1n) is 10.4. The number of carbonyl (C=O) groups excluding carboxylic acids is 1. The summed E-state index contributed by atoms with van der Waals surface area (Å²) in [5.41, 5.74) is 3.20. The molecule has 1 aromatic carbocycles. The van der Waals surface area contributed by atoms with Gasteiger partial charge in [-0.25, -0.2) is 9.50 Å². The molecule has 1 amide bonds. The molecule has 0 aliphatic carbocycles. The highest BCUT2D eigenvalue weighted by atomic mass is 16.3. The highest BCUT2D eigenvalue weighted by molar-refractivity contribution is 5.99. The van der Waals surface area contributed by atoms with Crippen LogP contribution in [-0.4, -0.2) is 74.7 Å². The van der Waals surface area contributed by atoms with Crippen LogP contribution < -0.4 is 5.32 Å². The van der Waals surface area contributed by atoms with Gasteiger partial charge in [-0.1, -0.05) is 37.3 Å². The molecule has 30 heavy (non-hydrogen) atoms. The Kier molecular flexibility index (Phi) is 5.96. The lowest BCUT2D eigenvalue weighted by atomic mass is 10.1. The van der Waals surface area contributed by atoms with Crippen LogP contribution in [0.4, 0.5) is 5.82 Å². The Labute approximate surface area is 176 Å². The van der Waals surface area contributed by atoms with E-state index in [0.29, 0.717) is 11.4 Å². The summed E-state index contributed by atoms with van der Waals surface area (Å²) in [4.78, 5) is 21.8. The molecule has 8 heteroatoms. The van der Waals surface area contributed by atoms with Gasteiger partial charge in [0.2, 0.25) is 0 Å². The molecule has 2 aromatic heterocycles. The lowest BCUT2D eigenvalue weighted by Crippen LogP contribution is -2.48. The lowest BCUT2D eigenvalue weighted by molar-refractivity contribution is 0.0643. The fraction of sp³-hybridized carbons (Fsp3) is 0.409. The van der Waals surface area contributed by atoms with Crippen molar-refractivity contribution in [1.82, 2.24) is 24.4 Å². The first-order chi connectivity index (χ1) is 14.6. The van der Waals surface area contributed by atoms with Gasteiger partial charge in [0.25, 0.3) is 5.91 Å². The van der Waals surface area contributed by atoms with Crippen LogP contribution in [0.2, 0.25) is 0 Å². The largest absolute Gasteiger partial charge is 0.394 e. The van der Waals surface area contributed by atoms with Crippen molar-refractivity contribution in [3.8, 4) is 0 Å². The van der Waals surface area contributed by atoms with Crippen molar-refractivity contribution in [2.75, 3.05) is 44.6 Å². The second-order valence-electron chi connectivity index (χ2n) is 7.59. The number of benzene rings is 1. The van der Waals surface area contributed by atoms with E-state index in [-0.39, 0.29) is 18.6 Å². The summed E-state index contributed by atoms with van der Waals surface area (Å²) in [5.74, 6) is 0.627. The number of anilines is 1. The molecule has 3 heterocycles. The molecule has 1 aliphatic rings. The van der Waals surface area contributed by atoms with Gasteiger partial charge in [-0.15, -0.1) is 0 Å². The summed E-state index contributed by atoms with van der Waals surface area (Å²) in [6.45, 7) is 8.27. The van der Waals surface area contributed by atoms with Crippen LogP contribution >= 0.6 is 0 Å². The number of aromatic nitrogens is 3. The fourth-order valence-electron chi connectivity index (χ4n) is 4.00. The van der Waals surface area contributed by atoms with Gasteiger partial charge in [-0.2, -0.15) is 5.10 Å². The van der Waals surface area contributed by atoms with E-state index in [1.54, 1.807) is 10.7 Å². The molecule has 1 aliphatic heterocycles. The van der Waals surface area contributed by atoms with Crippen LogP contribution in [0.5, 0.6) is 0 Å². The number of nitrogens with zero attached hydrogens (tertiary/aromatic N) is 5. The SMILES string of the molecule is CCN1CCN(C(=O)c2cn3ncnc(N[C@H](CO)c4ccccc4)c3c2C)CC1. The zero-order valence-corrected chi connectivity index (χ0v) is 17.5. The van der Waals surface area contributed by atoms with E-state index in [2.05, 4.69) is 27.2 Å². The summed E-state index contributed by atoms with van der Waals surface area (Å²) in [6, 6.07) is 9.43. The highest BCUT2D eigenvalue weighted by Gasteiger charge is 2.26. The van der Waals surface area contributed by atoms with E-state index in [9.17, 15) is 9.90 Å². The quantitative estimate of drug-likeness (QED) is 0.649. The molecule has 0 spiro atoms. The number of rotatable bonds is 6. The van der Waals surface area contributed by atoms with Crippen molar-refractivity contribution in [2.24, 2.45) is 0 Å². The average Bonchev–Trinajstić information content (AvgIpc) is 3.14. The molecule has 0 bridgehead atoms. The fourth-order valence-corrected chi connectivity index (χ4v) is 4.00. The van der Waals surface area contributed by atoms with Crippen molar-refractivity contribution >= 4 is 17.2 Å². The van der Waals surface area contributed by atoms with E-state index in [1.807, 2.05) is 42.2 Å². The van der Waals surface area contributed by atoms with Crippen LogP contribution in [0.1, 0.15) is 34.5 Å². The van der Waals surface area contributed by atoms with E-state index in [4.69, 9.17) is 0 Å². The van der Waals surface area contributed by atoms with E-state index in [0.717, 1.165) is 49.4 Å². The summed E-state index contributed by atoms with van der Waals surface area (Å²) in [7, 11) is 0. The standard InChI is InChI=1S/C22H28N6O2/c1-3-26-9-11-27(12-10-26)22(30)18-13-28-20(16(18)2)21(23-15-24-28)25-19(14-29)17-7-5-4-6-8-17/h4-8,13,15,19,29H,3,9-12,14H2,1-2H3,(H,23,24,25)/t19-/m1/s1. The predicted octanol–water partition coefficient (Wildman–Crippen LogP) is 1.96. The lowest BCUT2D eigenvalue weighted by Gasteiger charge is -2.34. The van der Waals surface area contributed by atoms with Gasteiger partial charge in [0.15, 0.2) is 5.82 Å². The summed E-state index contributed by atoms with van der Waals surface area (Å²) in [5, 5.41) is 17.5. The number of piperazine rings is 1. The Morgan fingerprint density at radius 3 is 2.60 bits per heavy atom. The Hall–Kier alpha value is -2.97. The summed E-state index contributed by atoms with van der Waals surface area (Å²) in [6.07, 6.45) is 3.24.